The van der Waals surface area contributed by atoms with Crippen molar-refractivity contribution in [2.45, 2.75) is 38.0 Å². The molecule has 0 saturated heterocycles. The number of nitrogens with zero attached hydrogens (tertiary/aromatic N) is 2. The Kier molecular flexibility index (Phi) is 7.46. The number of hydrogen-bond donors (Lipinski definition) is 3. The van der Waals surface area contributed by atoms with Gasteiger partial charge in [-0.25, -0.2) is 9.18 Å². The number of carbonyl (C=O) groups is 1. The second-order valence-electron chi connectivity index (χ2n) is 8.04. The molecule has 0 fully saturated rings. The first-order valence-corrected chi connectivity index (χ1v) is 10.4. The number of aryl methyl sites for hydroxylation is 1. The average molecular weight is 519 g/mol. The van der Waals surface area contributed by atoms with E-state index in [0.717, 1.165) is 37.4 Å². The predicted octanol–water partition coefficient (Wildman–Crippen LogP) is 5.23. The van der Waals surface area contributed by atoms with Crippen LogP contribution in [0.25, 0.3) is 0 Å². The minimum absolute atomic E-state index is 0.0180. The molecule has 0 aliphatic heterocycles. The van der Waals surface area contributed by atoms with Crippen LogP contribution in [0.4, 0.5) is 30.7 Å². The van der Waals surface area contributed by atoms with E-state index >= 15 is 0 Å². The molecule has 3 N–H and O–H groups in total. The lowest BCUT2D eigenvalue weighted by Gasteiger charge is -2.22. The largest absolute Gasteiger partial charge is 0.478 e. The molecule has 0 aliphatic rings. The van der Waals surface area contributed by atoms with Crippen LogP contribution in [0.15, 0.2) is 42.5 Å². The van der Waals surface area contributed by atoms with Crippen LogP contribution in [0.3, 0.4) is 0 Å². The summed E-state index contributed by atoms with van der Waals surface area (Å²) in [6, 6.07) is 6.10. The zero-order chi connectivity index (χ0) is 27.0. The highest BCUT2D eigenvalue weighted by Crippen LogP contribution is 2.37. The Morgan fingerprint density at radius 1 is 1.08 bits per heavy atom. The molecule has 2 atom stereocenters. The normalized spacial score (nSPS) is 14.1. The summed E-state index contributed by atoms with van der Waals surface area (Å²) in [5.41, 5.74) is -3.78. The monoisotopic (exact) mass is 519 g/mol. The SMILES string of the molecule is C[C@H](NC(O)c1c(Cc2cccc(C(F)(F)F)c2)nn(C)c1C(F)(F)F)c1ccc(C(=O)O)c(F)c1. The summed E-state index contributed by atoms with van der Waals surface area (Å²) in [5, 5.41) is 26.0. The summed E-state index contributed by atoms with van der Waals surface area (Å²) in [7, 11) is 0.984. The van der Waals surface area contributed by atoms with Gasteiger partial charge in [-0.1, -0.05) is 24.3 Å². The first-order chi connectivity index (χ1) is 16.6. The Morgan fingerprint density at radius 2 is 1.75 bits per heavy atom. The highest BCUT2D eigenvalue weighted by atomic mass is 19.4. The van der Waals surface area contributed by atoms with Gasteiger partial charge in [0, 0.05) is 25.1 Å². The minimum atomic E-state index is -4.97. The van der Waals surface area contributed by atoms with Gasteiger partial charge >= 0.3 is 18.3 Å². The summed E-state index contributed by atoms with van der Waals surface area (Å²) >= 11 is 0. The lowest BCUT2D eigenvalue weighted by atomic mass is 10.0. The molecule has 0 spiro atoms. The molecule has 1 unspecified atom stereocenters. The summed E-state index contributed by atoms with van der Waals surface area (Å²) in [6.07, 6.45) is -12.1. The number of aliphatic hydroxyl groups is 1. The predicted molar refractivity (Wildman–Crippen MR) is 112 cm³/mol. The van der Waals surface area contributed by atoms with Gasteiger partial charge in [0.25, 0.3) is 0 Å². The zero-order valence-electron chi connectivity index (χ0n) is 18.7. The number of alkyl halides is 6. The molecule has 0 bridgehead atoms. The van der Waals surface area contributed by atoms with E-state index in [1.54, 1.807) is 0 Å². The molecule has 2 aromatic carbocycles. The van der Waals surface area contributed by atoms with Crippen molar-refractivity contribution in [3.05, 3.63) is 87.5 Å². The number of hydrogen-bond acceptors (Lipinski definition) is 4. The van der Waals surface area contributed by atoms with Crippen molar-refractivity contribution in [1.29, 1.82) is 0 Å². The molecule has 3 aromatic rings. The Labute approximate surface area is 200 Å². The quantitative estimate of drug-likeness (QED) is 0.294. The fourth-order valence-electron chi connectivity index (χ4n) is 3.79. The lowest BCUT2D eigenvalue weighted by molar-refractivity contribution is -0.145. The van der Waals surface area contributed by atoms with Crippen molar-refractivity contribution in [3.8, 4) is 0 Å². The van der Waals surface area contributed by atoms with Gasteiger partial charge in [-0.05, 0) is 36.2 Å². The molecule has 1 heterocycles. The van der Waals surface area contributed by atoms with E-state index in [0.29, 0.717) is 4.68 Å². The van der Waals surface area contributed by atoms with E-state index < -0.39 is 65.2 Å². The van der Waals surface area contributed by atoms with Crippen molar-refractivity contribution in [2.75, 3.05) is 0 Å². The van der Waals surface area contributed by atoms with Gasteiger partial charge in [0.2, 0.25) is 0 Å². The second-order valence-corrected chi connectivity index (χ2v) is 8.04. The molecule has 3 rings (SSSR count). The minimum Gasteiger partial charge on any atom is -0.478 e. The first-order valence-electron chi connectivity index (χ1n) is 10.4. The smallest absolute Gasteiger partial charge is 0.433 e. The third kappa shape index (κ3) is 5.85. The number of benzene rings is 2. The Morgan fingerprint density at radius 3 is 2.31 bits per heavy atom. The highest BCUT2D eigenvalue weighted by Gasteiger charge is 2.41. The maximum Gasteiger partial charge on any atom is 0.433 e. The number of rotatable bonds is 7. The fraction of sp³-hybridized carbons (Fsp3) is 0.304. The van der Waals surface area contributed by atoms with E-state index in [4.69, 9.17) is 5.11 Å². The average Bonchev–Trinajstić information content (AvgIpc) is 3.09. The topological polar surface area (TPSA) is 87.4 Å². The summed E-state index contributed by atoms with van der Waals surface area (Å²) in [5.74, 6) is -2.59. The van der Waals surface area contributed by atoms with Crippen molar-refractivity contribution in [3.63, 3.8) is 0 Å². The van der Waals surface area contributed by atoms with E-state index in [2.05, 4.69) is 10.4 Å². The van der Waals surface area contributed by atoms with E-state index in [9.17, 15) is 40.6 Å². The Hall–Kier alpha value is -3.45. The van der Waals surface area contributed by atoms with Crippen molar-refractivity contribution in [1.82, 2.24) is 15.1 Å². The standard InChI is InChI=1S/C23H20F7N3O3/c1-11(13-6-7-15(21(35)36)16(24)10-13)31-20(34)18-17(32-33(2)19(18)23(28,29)30)9-12-4-3-5-14(8-12)22(25,26)27/h3-8,10-11,20,31,34H,9H2,1-2H3,(H,35,36)/t11-,20?/m0/s1. The maximum atomic E-state index is 14.1. The van der Waals surface area contributed by atoms with Crippen LogP contribution in [0.1, 0.15) is 63.2 Å². The van der Waals surface area contributed by atoms with Crippen LogP contribution in [0, 0.1) is 5.82 Å². The van der Waals surface area contributed by atoms with Crippen LogP contribution in [0.5, 0.6) is 0 Å². The van der Waals surface area contributed by atoms with Crippen molar-refractivity contribution in [2.24, 2.45) is 7.05 Å². The van der Waals surface area contributed by atoms with E-state index in [1.165, 1.54) is 19.1 Å². The first kappa shape index (κ1) is 27.1. The molecule has 0 aliphatic carbocycles. The highest BCUT2D eigenvalue weighted by molar-refractivity contribution is 5.87. The Bertz CT molecular complexity index is 1270. The molecule has 6 nitrogen and oxygen atoms in total. The zero-order valence-corrected chi connectivity index (χ0v) is 18.7. The second kappa shape index (κ2) is 9.90. The van der Waals surface area contributed by atoms with Gasteiger partial charge < -0.3 is 10.2 Å². The molecule has 0 amide bonds. The number of nitrogens with one attached hydrogen (secondary N) is 1. The van der Waals surface area contributed by atoms with Gasteiger partial charge in [-0.2, -0.15) is 31.4 Å². The van der Waals surface area contributed by atoms with Crippen molar-refractivity contribution < 1.29 is 45.7 Å². The molecule has 36 heavy (non-hydrogen) atoms. The molecular weight excluding hydrogens is 499 g/mol. The maximum absolute atomic E-state index is 14.1. The lowest BCUT2D eigenvalue weighted by Crippen LogP contribution is -2.27. The number of halogens is 7. The molecule has 0 radical (unpaired) electrons. The summed E-state index contributed by atoms with van der Waals surface area (Å²) in [4.78, 5) is 11.0. The molecule has 1 aromatic heterocycles. The summed E-state index contributed by atoms with van der Waals surface area (Å²) in [6.45, 7) is 1.40. The van der Waals surface area contributed by atoms with Gasteiger partial charge in [0.05, 0.1) is 16.8 Å². The van der Waals surface area contributed by atoms with E-state index in [-0.39, 0.29) is 16.8 Å². The number of carboxylic acid groups (broad SMARTS) is 1. The number of aromatic carboxylic acids is 1. The van der Waals surface area contributed by atoms with Crippen LogP contribution < -0.4 is 5.32 Å². The van der Waals surface area contributed by atoms with Gasteiger partial charge in [-0.15, -0.1) is 0 Å². The third-order valence-corrected chi connectivity index (χ3v) is 5.46. The number of aromatic nitrogens is 2. The van der Waals surface area contributed by atoms with Crippen molar-refractivity contribution >= 4 is 5.97 Å². The molecule has 13 heteroatoms. The fourth-order valence-corrected chi connectivity index (χ4v) is 3.79. The van der Waals surface area contributed by atoms with Crippen LogP contribution >= 0.6 is 0 Å². The summed E-state index contributed by atoms with van der Waals surface area (Å²) < 4.78 is 95.2. The molecule has 0 saturated carbocycles. The number of aliphatic hydroxyl groups excluding tert-OH is 1. The Balaban J connectivity index is 1.98. The van der Waals surface area contributed by atoms with Gasteiger partial charge in [0.15, 0.2) is 0 Å². The van der Waals surface area contributed by atoms with Crippen LogP contribution in [-0.4, -0.2) is 26.0 Å². The van der Waals surface area contributed by atoms with Gasteiger partial charge in [0.1, 0.15) is 17.7 Å². The third-order valence-electron chi connectivity index (χ3n) is 5.46. The molecular formula is C23H20F7N3O3. The van der Waals surface area contributed by atoms with Gasteiger partial charge in [-0.3, -0.25) is 10.00 Å². The van der Waals surface area contributed by atoms with E-state index in [1.807, 2.05) is 0 Å². The number of carboxylic acids is 1. The van der Waals surface area contributed by atoms with Crippen LogP contribution in [0.2, 0.25) is 0 Å². The van der Waals surface area contributed by atoms with Crippen LogP contribution in [-0.2, 0) is 25.8 Å². The molecule has 194 valence electrons.